The van der Waals surface area contributed by atoms with E-state index in [2.05, 4.69) is 41.1 Å². The lowest BCUT2D eigenvalue weighted by Crippen LogP contribution is -2.32. The van der Waals surface area contributed by atoms with Gasteiger partial charge < -0.3 is 20.1 Å². The van der Waals surface area contributed by atoms with E-state index in [0.717, 1.165) is 30.1 Å². The number of rotatable bonds is 7. The van der Waals surface area contributed by atoms with Gasteiger partial charge in [0.1, 0.15) is 25.0 Å². The first-order chi connectivity index (χ1) is 11.7. The van der Waals surface area contributed by atoms with E-state index < -0.39 is 0 Å². The second-order valence-corrected chi connectivity index (χ2v) is 5.74. The molecule has 1 heterocycles. The number of hydrogen-bond acceptors (Lipinski definition) is 5. The van der Waals surface area contributed by atoms with Crippen LogP contribution in [0.5, 0.6) is 5.75 Å². The first kappa shape index (κ1) is 16.2. The molecule has 0 spiro atoms. The van der Waals surface area contributed by atoms with Crippen LogP contribution in [0.3, 0.4) is 0 Å². The van der Waals surface area contributed by atoms with Crippen LogP contribution in [0.15, 0.2) is 59.6 Å². The highest BCUT2D eigenvalue weighted by atomic mass is 16.5. The Morgan fingerprint density at radius 3 is 2.75 bits per heavy atom. The van der Waals surface area contributed by atoms with E-state index in [1.54, 1.807) is 0 Å². The molecule has 5 nitrogen and oxygen atoms in total. The fourth-order valence-electron chi connectivity index (χ4n) is 2.71. The first-order valence-electron chi connectivity index (χ1n) is 8.22. The van der Waals surface area contributed by atoms with Crippen molar-refractivity contribution in [3.8, 4) is 5.75 Å². The average Bonchev–Trinajstić information content (AvgIpc) is 3.04. The molecule has 1 aliphatic heterocycles. The van der Waals surface area contributed by atoms with E-state index in [1.165, 1.54) is 0 Å². The molecule has 0 unspecified atom stereocenters. The fraction of sp³-hybridized carbons (Fsp3) is 0.316. The van der Waals surface area contributed by atoms with Crippen LogP contribution in [0.1, 0.15) is 12.5 Å². The van der Waals surface area contributed by atoms with Crippen LogP contribution in [0.2, 0.25) is 0 Å². The van der Waals surface area contributed by atoms with Gasteiger partial charge in [0.15, 0.2) is 0 Å². The quantitative estimate of drug-likeness (QED) is 0.850. The summed E-state index contributed by atoms with van der Waals surface area (Å²) in [5, 5.41) is 0. The molecule has 2 aromatic carbocycles. The Morgan fingerprint density at radius 1 is 1.21 bits per heavy atom. The second-order valence-electron chi connectivity index (χ2n) is 5.74. The third kappa shape index (κ3) is 4.19. The number of nitrogens with zero attached hydrogens (tertiary/aromatic N) is 2. The summed E-state index contributed by atoms with van der Waals surface area (Å²) >= 11 is 0. The summed E-state index contributed by atoms with van der Waals surface area (Å²) in [6.07, 6.45) is 0. The van der Waals surface area contributed by atoms with Gasteiger partial charge in [-0.05, 0) is 24.6 Å². The highest BCUT2D eigenvalue weighted by Crippen LogP contribution is 2.23. The van der Waals surface area contributed by atoms with Crippen molar-refractivity contribution in [3.05, 3.63) is 60.2 Å². The van der Waals surface area contributed by atoms with Crippen LogP contribution >= 0.6 is 0 Å². The molecule has 0 fully saturated rings. The van der Waals surface area contributed by atoms with Crippen molar-refractivity contribution < 1.29 is 9.47 Å². The van der Waals surface area contributed by atoms with Gasteiger partial charge >= 0.3 is 0 Å². The van der Waals surface area contributed by atoms with Gasteiger partial charge in [-0.25, -0.2) is 4.99 Å². The molecule has 2 aromatic rings. The molecule has 24 heavy (non-hydrogen) atoms. The maximum absolute atomic E-state index is 5.92. The van der Waals surface area contributed by atoms with Crippen molar-refractivity contribution >= 4 is 11.7 Å². The minimum atomic E-state index is 0.0823. The number of ether oxygens (including phenoxy) is 2. The minimum Gasteiger partial charge on any atom is -0.489 e. The summed E-state index contributed by atoms with van der Waals surface area (Å²) in [5.74, 6) is 0.862. The third-order valence-corrected chi connectivity index (χ3v) is 3.98. The lowest BCUT2D eigenvalue weighted by Gasteiger charge is -2.25. The van der Waals surface area contributed by atoms with Crippen LogP contribution in [-0.4, -0.2) is 31.8 Å². The van der Waals surface area contributed by atoms with Crippen LogP contribution in [0, 0.1) is 0 Å². The van der Waals surface area contributed by atoms with Crippen LogP contribution in [-0.2, 0) is 11.3 Å². The molecule has 126 valence electrons. The predicted octanol–water partition coefficient (Wildman–Crippen LogP) is 2.81. The Balaban J connectivity index is 1.64. The van der Waals surface area contributed by atoms with E-state index in [9.17, 15) is 0 Å². The van der Waals surface area contributed by atoms with Gasteiger partial charge in [-0.3, -0.25) is 0 Å². The molecule has 0 aromatic heterocycles. The van der Waals surface area contributed by atoms with Crippen molar-refractivity contribution in [3.63, 3.8) is 0 Å². The van der Waals surface area contributed by atoms with E-state index in [-0.39, 0.29) is 12.1 Å². The van der Waals surface area contributed by atoms with Gasteiger partial charge in [-0.2, -0.15) is 0 Å². The third-order valence-electron chi connectivity index (χ3n) is 3.98. The number of likely N-dealkylation sites (N-methyl/N-ethyl adjacent to an activating group) is 1. The van der Waals surface area contributed by atoms with Crippen molar-refractivity contribution in [2.75, 3.05) is 24.6 Å². The van der Waals surface area contributed by atoms with Crippen LogP contribution in [0.25, 0.3) is 0 Å². The lowest BCUT2D eigenvalue weighted by atomic mass is 10.2. The van der Waals surface area contributed by atoms with Crippen molar-refractivity contribution in [2.45, 2.75) is 19.6 Å². The molecule has 1 atom stereocenters. The molecule has 5 heteroatoms. The summed E-state index contributed by atoms with van der Waals surface area (Å²) in [6.45, 7) is 4.90. The highest BCUT2D eigenvalue weighted by Gasteiger charge is 2.19. The van der Waals surface area contributed by atoms with E-state index in [1.807, 2.05) is 30.3 Å². The minimum absolute atomic E-state index is 0.0823. The number of hydrogen-bond donors (Lipinski definition) is 1. The number of benzene rings is 2. The molecular weight excluding hydrogens is 302 g/mol. The van der Waals surface area contributed by atoms with Gasteiger partial charge in [0.25, 0.3) is 6.02 Å². The van der Waals surface area contributed by atoms with E-state index in [0.29, 0.717) is 13.2 Å². The SMILES string of the molecule is CCN(C[C@H]1COC(N)=N1)c1cccc(OCc2ccccc2)c1. The smallest absolute Gasteiger partial charge is 0.282 e. The maximum Gasteiger partial charge on any atom is 0.282 e. The molecule has 1 aliphatic rings. The Bertz CT molecular complexity index is 688. The molecule has 0 bridgehead atoms. The Morgan fingerprint density at radius 2 is 2.04 bits per heavy atom. The van der Waals surface area contributed by atoms with Crippen molar-refractivity contribution in [1.82, 2.24) is 0 Å². The van der Waals surface area contributed by atoms with Gasteiger partial charge in [0.05, 0.1) is 0 Å². The number of aliphatic imine (C=N–C) groups is 1. The zero-order chi connectivity index (χ0) is 16.8. The summed E-state index contributed by atoms with van der Waals surface area (Å²) in [7, 11) is 0. The molecule has 0 aliphatic carbocycles. The monoisotopic (exact) mass is 325 g/mol. The molecular formula is C19H23N3O2. The Kier molecular flexibility index (Phi) is 5.21. The van der Waals surface area contributed by atoms with E-state index in [4.69, 9.17) is 15.2 Å². The molecule has 2 N–H and O–H groups in total. The second kappa shape index (κ2) is 7.73. The Hall–Kier alpha value is -2.69. The van der Waals surface area contributed by atoms with Crippen LogP contribution in [0.4, 0.5) is 5.69 Å². The molecule has 0 saturated carbocycles. The van der Waals surface area contributed by atoms with Crippen molar-refractivity contribution in [2.24, 2.45) is 10.7 Å². The normalized spacial score (nSPS) is 16.4. The summed E-state index contributed by atoms with van der Waals surface area (Å²) in [5.41, 5.74) is 7.86. The summed E-state index contributed by atoms with van der Waals surface area (Å²) in [6, 6.07) is 18.7. The van der Waals surface area contributed by atoms with Gasteiger partial charge in [0, 0.05) is 24.8 Å². The largest absolute Gasteiger partial charge is 0.489 e. The molecule has 0 radical (unpaired) electrons. The summed E-state index contributed by atoms with van der Waals surface area (Å²) in [4.78, 5) is 6.55. The molecule has 0 saturated heterocycles. The topological polar surface area (TPSA) is 60.1 Å². The number of nitrogens with two attached hydrogens (primary N) is 1. The predicted molar refractivity (Wildman–Crippen MR) is 96.5 cm³/mol. The number of anilines is 1. The molecule has 0 amide bonds. The van der Waals surface area contributed by atoms with Crippen LogP contribution < -0.4 is 15.4 Å². The zero-order valence-electron chi connectivity index (χ0n) is 13.9. The fourth-order valence-corrected chi connectivity index (χ4v) is 2.71. The maximum atomic E-state index is 5.92. The zero-order valence-corrected chi connectivity index (χ0v) is 13.9. The van der Waals surface area contributed by atoms with Gasteiger partial charge in [-0.1, -0.05) is 36.4 Å². The number of amidine groups is 1. The standard InChI is InChI=1S/C19H23N3O2/c1-2-22(12-16-14-24-19(20)21-16)17-9-6-10-18(11-17)23-13-15-7-4-3-5-8-15/h3-11,16H,2,12-14H2,1H3,(H2,20,21)/t16-/m0/s1. The van der Waals surface area contributed by atoms with Gasteiger partial charge in [-0.15, -0.1) is 0 Å². The summed E-state index contributed by atoms with van der Waals surface area (Å²) < 4.78 is 11.1. The Labute approximate surface area is 142 Å². The van der Waals surface area contributed by atoms with Crippen molar-refractivity contribution in [1.29, 1.82) is 0 Å². The van der Waals surface area contributed by atoms with E-state index >= 15 is 0 Å². The van der Waals surface area contributed by atoms with Gasteiger partial charge in [0.2, 0.25) is 0 Å². The average molecular weight is 325 g/mol. The lowest BCUT2D eigenvalue weighted by molar-refractivity contribution is 0.306. The molecule has 3 rings (SSSR count). The first-order valence-corrected chi connectivity index (χ1v) is 8.22. The highest BCUT2D eigenvalue weighted by molar-refractivity contribution is 5.73.